The van der Waals surface area contributed by atoms with Gasteiger partial charge in [0.1, 0.15) is 35.8 Å². The van der Waals surface area contributed by atoms with Crippen molar-refractivity contribution >= 4 is 93.8 Å². The Bertz CT molecular complexity index is 3800. The minimum atomic E-state index is -1.13. The van der Waals surface area contributed by atoms with Gasteiger partial charge in [-0.3, -0.25) is 48.1 Å². The quantitative estimate of drug-likeness (QED) is 0.0205. The van der Waals surface area contributed by atoms with Crippen LogP contribution in [-0.2, 0) is 70.4 Å². The van der Waals surface area contributed by atoms with E-state index in [1.165, 1.54) is 48.2 Å². The number of nitrogens with one attached hydrogen (secondary N) is 6. The van der Waals surface area contributed by atoms with Crippen molar-refractivity contribution in [3.63, 3.8) is 0 Å². The van der Waals surface area contributed by atoms with E-state index < -0.39 is 120 Å². The molecule has 598 valence electrons. The number of ether oxygens (including phenoxy) is 3. The Balaban J connectivity index is 1.01. The first kappa shape index (κ1) is 89.6. The molecule has 2 aliphatic carbocycles. The number of ketones is 2. The molecular formula is C83H115N11O14S2. The zero-order valence-electron chi connectivity index (χ0n) is 65.9. The molecular weight excluding hydrogens is 1440 g/mol. The molecule has 3 aliphatic rings. The Morgan fingerprint density at radius 1 is 0.718 bits per heavy atom. The van der Waals surface area contributed by atoms with E-state index in [4.69, 9.17) is 19.9 Å². The van der Waals surface area contributed by atoms with Crippen LogP contribution in [0.5, 0.6) is 0 Å². The number of thiazole rings is 1. The summed E-state index contributed by atoms with van der Waals surface area (Å²) in [4.78, 5) is 162. The van der Waals surface area contributed by atoms with Gasteiger partial charge in [-0.2, -0.15) is 0 Å². The topological polar surface area (TPSA) is 336 Å². The molecule has 1 fully saturated rings. The summed E-state index contributed by atoms with van der Waals surface area (Å²) in [5.74, 6) is -6.36. The largest absolute Gasteiger partial charge is 0.445 e. The van der Waals surface area contributed by atoms with Gasteiger partial charge in [-0.15, -0.1) is 11.3 Å². The van der Waals surface area contributed by atoms with Crippen molar-refractivity contribution in [3.8, 4) is 0 Å². The van der Waals surface area contributed by atoms with Crippen molar-refractivity contribution in [3.05, 3.63) is 165 Å². The van der Waals surface area contributed by atoms with Crippen molar-refractivity contribution in [1.29, 1.82) is 0 Å². The van der Waals surface area contributed by atoms with Crippen LogP contribution < -0.4 is 37.6 Å². The molecule has 6 rings (SSSR count). The molecule has 1 unspecified atom stereocenters. The van der Waals surface area contributed by atoms with Gasteiger partial charge in [0.2, 0.25) is 41.4 Å². The highest BCUT2D eigenvalue weighted by Gasteiger charge is 2.45. The number of hydrogen-bond donors (Lipinski definition) is 7. The molecule has 3 aromatic rings. The number of hydrogen-bond acceptors (Lipinski definition) is 17. The number of likely N-dealkylation sites (tertiary alicyclic amines) is 1. The number of carbonyl (C=O) groups excluding carboxylic acids is 11. The lowest BCUT2D eigenvalue weighted by molar-refractivity contribution is -0.148. The summed E-state index contributed by atoms with van der Waals surface area (Å²) in [7, 11) is 6.17. The lowest BCUT2D eigenvalue weighted by Crippen LogP contribution is -2.60. The molecule has 1 aromatic heterocycles. The molecule has 0 saturated carbocycles. The van der Waals surface area contributed by atoms with Crippen LogP contribution in [-0.4, -0.2) is 175 Å². The third kappa shape index (κ3) is 27.3. The van der Waals surface area contributed by atoms with Crippen LogP contribution >= 0.6 is 23.1 Å². The van der Waals surface area contributed by atoms with Crippen molar-refractivity contribution in [2.45, 2.75) is 200 Å². The highest BCUT2D eigenvalue weighted by molar-refractivity contribution is 8.07. The van der Waals surface area contributed by atoms with Crippen LogP contribution in [0.15, 0.2) is 149 Å². The van der Waals surface area contributed by atoms with Crippen LogP contribution in [0.25, 0.3) is 0 Å². The molecule has 0 bridgehead atoms. The number of Topliss-reactive ketones (excluding diaryl/α,β-unsaturated/α-hetero) is 1. The number of urea groups is 1. The monoisotopic (exact) mass is 1550 g/mol. The summed E-state index contributed by atoms with van der Waals surface area (Å²) in [6.07, 6.45) is 26.3. The van der Waals surface area contributed by atoms with Crippen LogP contribution in [0.2, 0.25) is 0 Å². The second-order valence-electron chi connectivity index (χ2n) is 29.3. The average molecular weight is 1560 g/mol. The maximum Gasteiger partial charge on any atom is 0.410 e. The van der Waals surface area contributed by atoms with Crippen molar-refractivity contribution < 1.29 is 67.0 Å². The van der Waals surface area contributed by atoms with Crippen molar-refractivity contribution in [2.75, 3.05) is 46.7 Å². The molecule has 110 heavy (non-hydrogen) atoms. The third-order valence-corrected chi connectivity index (χ3v) is 22.0. The van der Waals surface area contributed by atoms with Gasteiger partial charge in [-0.1, -0.05) is 190 Å². The second kappa shape index (κ2) is 45.7. The first-order valence-corrected chi connectivity index (χ1v) is 39.9. The number of anilines is 1. The van der Waals surface area contributed by atoms with Gasteiger partial charge in [-0.25, -0.2) is 14.6 Å². The molecule has 27 heteroatoms. The van der Waals surface area contributed by atoms with E-state index in [9.17, 15) is 52.7 Å². The Labute approximate surface area is 657 Å². The number of nitrogens with two attached hydrogens (primary N) is 1. The number of rotatable bonds is 41. The van der Waals surface area contributed by atoms with Gasteiger partial charge >= 0.3 is 12.1 Å². The van der Waals surface area contributed by atoms with Crippen LogP contribution in [0.1, 0.15) is 155 Å². The molecule has 2 aromatic carbocycles. The molecule has 2 heterocycles. The van der Waals surface area contributed by atoms with E-state index in [0.717, 1.165) is 15.5 Å². The van der Waals surface area contributed by atoms with E-state index in [1.807, 2.05) is 137 Å². The fourth-order valence-electron chi connectivity index (χ4n) is 13.8. The van der Waals surface area contributed by atoms with Gasteiger partial charge in [0, 0.05) is 70.0 Å². The standard InChI is InChI=1S/C83H115N11O14S2/c1-14-55(8)73(66(106-12)50-69(97)94-46-31-38-64(94)75(107-13)56(9)76(99)89-63(80-85-45-47-109-80)48-57-32-24-22-25-33-57)92(10)81(103)71(53(4)5)91-79(102)72(54(6)7)93(11)83(105)108-51-58-40-42-59(43-41-58)87-77(100)62(37-30-44-86-82(84)104)88-78(101)70(52(2)3)90-68(96)39-29-23-28-36-61-65(95)49-67(74(61)98)110-60-34-26-20-18-16-15-17-19-21-27-35-60/h15-22,24-27,32-35,40-43,45,47,49,52-56,61-64,66,70-73,75H,14,23,28-31,36-39,44,46,48,50-51H2,1-13H3,(H,87,100)(H,88,101)(H,89,99)(H,90,96)(H,91,102)(H3,84,86,104)/b16-15-,17-15?,18-16?,19-17-,20-18-,21-19?,26-20?,27-21-,34-26?,35-27?,60-34?,60-35?/t55-,56+,61?,62-,63-,64-,66+,70-,71-,72-,73-,75+/m0/s1. The minimum absolute atomic E-state index is 0.0727. The molecule has 0 radical (unpaired) electrons. The lowest BCUT2D eigenvalue weighted by atomic mass is 9.89. The lowest BCUT2D eigenvalue weighted by Gasteiger charge is -2.41. The third-order valence-electron chi connectivity index (χ3n) is 20.1. The maximum absolute atomic E-state index is 14.9. The van der Waals surface area contributed by atoms with Gasteiger partial charge in [0.05, 0.1) is 53.5 Å². The van der Waals surface area contributed by atoms with Crippen LogP contribution in [0, 0.1) is 35.5 Å². The smallest absolute Gasteiger partial charge is 0.410 e. The van der Waals surface area contributed by atoms with Gasteiger partial charge in [0.25, 0.3) is 0 Å². The van der Waals surface area contributed by atoms with Crippen LogP contribution in [0.4, 0.5) is 15.3 Å². The summed E-state index contributed by atoms with van der Waals surface area (Å²) in [5, 5.41) is 19.8. The average Bonchev–Trinajstić information content (AvgIpc) is 1.49. The zero-order chi connectivity index (χ0) is 80.6. The maximum atomic E-state index is 14.9. The molecule has 1 saturated heterocycles. The zero-order valence-corrected chi connectivity index (χ0v) is 67.6. The number of benzene rings is 2. The van der Waals surface area contributed by atoms with E-state index in [0.29, 0.717) is 74.1 Å². The summed E-state index contributed by atoms with van der Waals surface area (Å²) in [6, 6.07) is 9.82. The highest BCUT2D eigenvalue weighted by atomic mass is 32.2. The fraction of sp³-hybridized carbons (Fsp3) is 0.518. The van der Waals surface area contributed by atoms with E-state index in [1.54, 1.807) is 82.1 Å². The van der Waals surface area contributed by atoms with E-state index >= 15 is 0 Å². The summed E-state index contributed by atoms with van der Waals surface area (Å²) < 4.78 is 18.0. The van der Waals surface area contributed by atoms with Crippen molar-refractivity contribution in [2.24, 2.45) is 41.2 Å². The predicted molar refractivity (Wildman–Crippen MR) is 429 cm³/mol. The molecule has 12 atom stereocenters. The summed E-state index contributed by atoms with van der Waals surface area (Å²) in [6.45, 7) is 16.8. The number of primary amides is 1. The first-order valence-electron chi connectivity index (χ1n) is 38.2. The Kier molecular flexibility index (Phi) is 37.3. The Morgan fingerprint density at radius 2 is 1.39 bits per heavy atom. The number of allylic oxidation sites excluding steroid dienone is 13. The van der Waals surface area contributed by atoms with E-state index in [2.05, 4.69) is 36.9 Å². The fourth-order valence-corrected chi connectivity index (χ4v) is 15.5. The van der Waals surface area contributed by atoms with Gasteiger partial charge in [0.15, 0.2) is 11.6 Å². The van der Waals surface area contributed by atoms with Gasteiger partial charge < -0.3 is 61.6 Å². The number of aromatic nitrogens is 1. The van der Waals surface area contributed by atoms with Gasteiger partial charge in [-0.05, 0) is 110 Å². The Hall–Kier alpha value is -9.31. The SMILES string of the molecule is CC[C@H](C)[C@@H]([C@@H](CC(=O)N1CCC[C@H]1[C@H](OC)[C@@H](C)C(=O)N[C@@H](Cc1ccccc1)c1nccs1)OC)N(C)C(=O)[C@@H](NC(=O)[C@H](C(C)C)N(C)C(=O)OCc1ccc(NC(=O)[C@H](CCCNC(N)=O)NC(=O)[C@@H](NC(=O)CCCCCC2C(=O)C=C(SC3=C\C=C/C=C\C=C/C=C\C=C3)C2=O)C(C)C)cc1)C(C)C. The first-order chi connectivity index (χ1) is 52.6. The normalized spacial score (nSPS) is 18.9. The number of likely N-dealkylation sites (N-methyl/N-ethyl adjacent to an activating group) is 2. The van der Waals surface area contributed by atoms with E-state index in [-0.39, 0.29) is 74.2 Å². The predicted octanol–water partition coefficient (Wildman–Crippen LogP) is 10.9. The number of carbonyl (C=O) groups is 11. The summed E-state index contributed by atoms with van der Waals surface area (Å²) in [5.41, 5.74) is 7.21. The highest BCUT2D eigenvalue weighted by Crippen LogP contribution is 2.36. The molecule has 0 spiro atoms. The molecule has 1 aliphatic heterocycles. The number of amides is 10. The molecule has 25 nitrogen and oxygen atoms in total. The number of thioether (sulfide) groups is 1. The Morgan fingerprint density at radius 3 is 2.01 bits per heavy atom. The minimum Gasteiger partial charge on any atom is -0.445 e. The van der Waals surface area contributed by atoms with Crippen LogP contribution in [0.3, 0.4) is 0 Å². The number of unbranched alkanes of at least 4 members (excludes halogenated alkanes) is 2. The molecule has 10 amide bonds. The summed E-state index contributed by atoms with van der Waals surface area (Å²) >= 11 is 2.71. The number of nitrogens with zero attached hydrogens (tertiary/aromatic N) is 4. The number of methoxy groups -OCH3 is 2. The molecule has 8 N–H and O–H groups in total. The van der Waals surface area contributed by atoms with Crippen molar-refractivity contribution in [1.82, 2.24) is 46.3 Å². The second-order valence-corrected chi connectivity index (χ2v) is 31.3.